The number of carbonyl (C=O) groups is 1. The molecule has 1 aliphatic carbocycles. The number of fused-ring (bicyclic) bond motifs is 1. The molecule has 0 aromatic carbocycles. The Balaban J connectivity index is 1.46. The number of hydrogen-bond donors (Lipinski definition) is 3. The quantitative estimate of drug-likeness (QED) is 0.347. The summed E-state index contributed by atoms with van der Waals surface area (Å²) in [5.41, 5.74) is 1.73. The number of hydrogen-bond acceptors (Lipinski definition) is 9. The molecule has 3 aromatic heterocycles. The van der Waals surface area contributed by atoms with Crippen LogP contribution in [0, 0.1) is 0 Å². The molecule has 0 unspecified atom stereocenters. The van der Waals surface area contributed by atoms with Gasteiger partial charge in [-0.05, 0) is 66.4 Å². The summed E-state index contributed by atoms with van der Waals surface area (Å²) < 4.78 is 14.7. The number of rotatable bonds is 9. The normalized spacial score (nSPS) is 22.9. The van der Waals surface area contributed by atoms with Crippen LogP contribution in [-0.2, 0) is 19.8 Å². The third-order valence-corrected chi connectivity index (χ3v) is 8.58. The summed E-state index contributed by atoms with van der Waals surface area (Å²) in [4.78, 5) is 20.1. The summed E-state index contributed by atoms with van der Waals surface area (Å²) >= 11 is 0. The van der Waals surface area contributed by atoms with E-state index >= 15 is 0 Å². The highest BCUT2D eigenvalue weighted by Crippen LogP contribution is 2.38. The van der Waals surface area contributed by atoms with E-state index in [1.165, 1.54) is 0 Å². The highest BCUT2D eigenvalue weighted by Gasteiger charge is 2.40. The lowest BCUT2D eigenvalue weighted by Gasteiger charge is -2.41. The molecule has 42 heavy (non-hydrogen) atoms. The molecule has 12 nitrogen and oxygen atoms in total. The Morgan fingerprint density at radius 2 is 1.95 bits per heavy atom. The SMILES string of the molecule is COC[C@H](C)Nc1ncc2c(-c3cnn(C(C)(C)C(=O)N4CCO[C@H](C(C)(C)O)C4)c3)cc([C@H]3CC[C@H](O)CC3)n2n1. The molecule has 3 aromatic rings. The van der Waals surface area contributed by atoms with E-state index in [1.807, 2.05) is 37.7 Å². The number of ether oxygens (including phenoxy) is 2. The first kappa shape index (κ1) is 30.4. The maximum atomic E-state index is 13.7. The number of nitrogens with one attached hydrogen (secondary N) is 1. The second kappa shape index (κ2) is 11.9. The molecule has 2 aliphatic rings. The summed E-state index contributed by atoms with van der Waals surface area (Å²) in [6.07, 6.45) is 8.09. The molecule has 2 fully saturated rings. The van der Waals surface area contributed by atoms with Crippen LogP contribution in [0.4, 0.5) is 5.95 Å². The van der Waals surface area contributed by atoms with Crippen molar-refractivity contribution in [3.8, 4) is 11.1 Å². The van der Waals surface area contributed by atoms with Crippen molar-refractivity contribution in [2.75, 3.05) is 38.7 Å². The lowest BCUT2D eigenvalue weighted by atomic mass is 9.85. The molecule has 4 heterocycles. The fourth-order valence-corrected chi connectivity index (χ4v) is 6.00. The van der Waals surface area contributed by atoms with Gasteiger partial charge in [0.2, 0.25) is 11.9 Å². The van der Waals surface area contributed by atoms with Gasteiger partial charge in [-0.3, -0.25) is 9.48 Å². The Kier molecular flexibility index (Phi) is 8.62. The molecule has 2 atom stereocenters. The number of nitrogens with zero attached hydrogens (tertiary/aromatic N) is 6. The van der Waals surface area contributed by atoms with Crippen molar-refractivity contribution in [3.05, 3.63) is 30.4 Å². The topological polar surface area (TPSA) is 139 Å². The van der Waals surface area contributed by atoms with E-state index in [2.05, 4.69) is 21.5 Å². The molecule has 3 N–H and O–H groups in total. The number of anilines is 1. The van der Waals surface area contributed by atoms with Crippen LogP contribution in [0.5, 0.6) is 0 Å². The summed E-state index contributed by atoms with van der Waals surface area (Å²) in [7, 11) is 1.67. The van der Waals surface area contributed by atoms with Gasteiger partial charge in [-0.25, -0.2) is 9.50 Å². The Labute approximate surface area is 247 Å². The van der Waals surface area contributed by atoms with E-state index in [4.69, 9.17) is 14.6 Å². The van der Waals surface area contributed by atoms with Gasteiger partial charge >= 0.3 is 0 Å². The van der Waals surface area contributed by atoms with Crippen LogP contribution in [0.2, 0.25) is 0 Å². The Hall–Kier alpha value is -3.06. The first-order valence-corrected chi connectivity index (χ1v) is 14.9. The van der Waals surface area contributed by atoms with Crippen LogP contribution in [0.3, 0.4) is 0 Å². The molecule has 1 saturated heterocycles. The molecular formula is C30H45N7O5. The monoisotopic (exact) mass is 583 g/mol. The van der Waals surface area contributed by atoms with Gasteiger partial charge in [0.15, 0.2) is 0 Å². The van der Waals surface area contributed by atoms with Gasteiger partial charge in [0.05, 0.1) is 42.8 Å². The summed E-state index contributed by atoms with van der Waals surface area (Å²) in [6, 6.07) is 2.19. The van der Waals surface area contributed by atoms with Gasteiger partial charge in [-0.15, -0.1) is 5.10 Å². The van der Waals surface area contributed by atoms with Crippen molar-refractivity contribution in [3.63, 3.8) is 0 Å². The summed E-state index contributed by atoms with van der Waals surface area (Å²) in [5, 5.41) is 33.4. The Morgan fingerprint density at radius 3 is 2.64 bits per heavy atom. The van der Waals surface area contributed by atoms with Crippen molar-refractivity contribution < 1.29 is 24.5 Å². The van der Waals surface area contributed by atoms with Gasteiger partial charge in [-0.1, -0.05) is 0 Å². The first-order valence-electron chi connectivity index (χ1n) is 14.9. The summed E-state index contributed by atoms with van der Waals surface area (Å²) in [6.45, 7) is 10.8. The third-order valence-electron chi connectivity index (χ3n) is 8.58. The van der Waals surface area contributed by atoms with E-state index < -0.39 is 17.2 Å². The predicted molar refractivity (Wildman–Crippen MR) is 158 cm³/mol. The van der Waals surface area contributed by atoms with Crippen LogP contribution < -0.4 is 5.32 Å². The van der Waals surface area contributed by atoms with Crippen LogP contribution >= 0.6 is 0 Å². The van der Waals surface area contributed by atoms with Gasteiger partial charge in [-0.2, -0.15) is 5.10 Å². The van der Waals surface area contributed by atoms with E-state index in [0.717, 1.165) is 48.0 Å². The van der Waals surface area contributed by atoms with Crippen molar-refractivity contribution in [2.24, 2.45) is 0 Å². The maximum absolute atomic E-state index is 13.7. The number of carbonyl (C=O) groups excluding carboxylic acids is 1. The van der Waals surface area contributed by atoms with Crippen LogP contribution in [-0.4, -0.2) is 103 Å². The molecule has 0 radical (unpaired) electrons. The van der Waals surface area contributed by atoms with Crippen LogP contribution in [0.15, 0.2) is 24.7 Å². The molecule has 1 aliphatic heterocycles. The van der Waals surface area contributed by atoms with Gasteiger partial charge in [0.1, 0.15) is 11.6 Å². The van der Waals surface area contributed by atoms with Crippen LogP contribution in [0.1, 0.15) is 71.9 Å². The van der Waals surface area contributed by atoms with Gasteiger partial charge < -0.3 is 29.9 Å². The Morgan fingerprint density at radius 1 is 1.21 bits per heavy atom. The minimum atomic E-state index is -1.05. The fraction of sp³-hybridized carbons (Fsp3) is 0.667. The zero-order valence-electron chi connectivity index (χ0n) is 25.6. The molecule has 0 bridgehead atoms. The standard InChI is InChI=1S/C30H45N7O5/c1-19(18-41-6)33-28-31-15-25-23(13-24(37(25)34-28)20-7-9-22(38)10-8-20)21-14-32-36(16-21)29(2,3)27(39)35-11-12-42-26(17-35)30(4,5)40/h13-16,19-20,22,26,38,40H,7-12,17-18H2,1-6H3,(H,33,34)/t19-,20-,22-,26-/m0/s1. The molecule has 1 saturated carbocycles. The smallest absolute Gasteiger partial charge is 0.250 e. The molecule has 5 rings (SSSR count). The van der Waals surface area contributed by atoms with Gasteiger partial charge in [0.25, 0.3) is 0 Å². The lowest BCUT2D eigenvalue weighted by Crippen LogP contribution is -2.57. The number of aromatic nitrogens is 5. The van der Waals surface area contributed by atoms with E-state index in [-0.39, 0.29) is 24.0 Å². The average Bonchev–Trinajstić information content (AvgIpc) is 3.59. The molecule has 1 amide bonds. The van der Waals surface area contributed by atoms with E-state index in [1.54, 1.807) is 36.7 Å². The lowest BCUT2D eigenvalue weighted by molar-refractivity contribution is -0.159. The largest absolute Gasteiger partial charge is 0.393 e. The van der Waals surface area contributed by atoms with Crippen molar-refractivity contribution in [2.45, 2.75) is 95.6 Å². The van der Waals surface area contributed by atoms with Crippen molar-refractivity contribution in [1.29, 1.82) is 0 Å². The maximum Gasteiger partial charge on any atom is 0.250 e. The van der Waals surface area contributed by atoms with Crippen LogP contribution in [0.25, 0.3) is 16.6 Å². The number of aliphatic hydroxyl groups is 2. The fourth-order valence-electron chi connectivity index (χ4n) is 6.00. The van der Waals surface area contributed by atoms with Gasteiger partial charge in [0, 0.05) is 55.2 Å². The average molecular weight is 584 g/mol. The number of amides is 1. The van der Waals surface area contributed by atoms with E-state index in [0.29, 0.717) is 32.3 Å². The minimum Gasteiger partial charge on any atom is -0.393 e. The molecule has 0 spiro atoms. The zero-order valence-corrected chi connectivity index (χ0v) is 25.6. The molecule has 230 valence electrons. The Bertz CT molecular complexity index is 1390. The second-order valence-corrected chi connectivity index (χ2v) is 12.9. The molecule has 12 heteroatoms. The second-order valence-electron chi connectivity index (χ2n) is 12.9. The highest BCUT2D eigenvalue weighted by atomic mass is 16.5. The van der Waals surface area contributed by atoms with Crippen molar-refractivity contribution in [1.82, 2.24) is 29.3 Å². The number of methoxy groups -OCH3 is 1. The zero-order chi connectivity index (χ0) is 30.2. The third kappa shape index (κ3) is 6.17. The first-order chi connectivity index (χ1) is 19.9. The number of aliphatic hydroxyl groups excluding tert-OH is 1. The minimum absolute atomic E-state index is 0.0407. The molecular weight excluding hydrogens is 538 g/mol. The van der Waals surface area contributed by atoms with Crippen molar-refractivity contribution >= 4 is 17.4 Å². The number of morpholine rings is 1. The predicted octanol–water partition coefficient (Wildman–Crippen LogP) is 2.79. The summed E-state index contributed by atoms with van der Waals surface area (Å²) in [5.74, 6) is 0.692. The highest BCUT2D eigenvalue weighted by molar-refractivity contribution is 5.85. The van der Waals surface area contributed by atoms with E-state index in [9.17, 15) is 15.0 Å².